The summed E-state index contributed by atoms with van der Waals surface area (Å²) in [6, 6.07) is 7.71. The molecule has 0 bridgehead atoms. The highest BCUT2D eigenvalue weighted by Gasteiger charge is 2.20. The molecule has 1 atom stereocenters. The van der Waals surface area contributed by atoms with Crippen LogP contribution in [0.5, 0.6) is 0 Å². The first kappa shape index (κ1) is 21.1. The number of benzene rings is 1. The molecule has 0 saturated carbocycles. The van der Waals surface area contributed by atoms with Gasteiger partial charge in [-0.2, -0.15) is 5.26 Å². The van der Waals surface area contributed by atoms with E-state index in [1.54, 1.807) is 18.5 Å². The van der Waals surface area contributed by atoms with Crippen molar-refractivity contribution in [3.63, 3.8) is 0 Å². The summed E-state index contributed by atoms with van der Waals surface area (Å²) in [5, 5.41) is 19.3. The van der Waals surface area contributed by atoms with Crippen LogP contribution in [0.15, 0.2) is 36.8 Å². The smallest absolute Gasteiger partial charge is 0.159 e. The Labute approximate surface area is 181 Å². The number of aliphatic hydroxyl groups is 1. The standard InChI is InChI=1S/C23H26N6O2/c1-15-28-21(17-4-6-31-7-5-17)14-29(15)13-18-8-16(9-24)2-3-20(18)23-26-11-19(12-27-23)22(30)10-25/h2-3,8,11-12,14,17,22,30H,4-7,10,13,25H2,1H3. The van der Waals surface area contributed by atoms with Crippen molar-refractivity contribution >= 4 is 0 Å². The minimum Gasteiger partial charge on any atom is -0.387 e. The van der Waals surface area contributed by atoms with Crippen molar-refractivity contribution in [3.8, 4) is 17.5 Å². The van der Waals surface area contributed by atoms with Gasteiger partial charge in [-0.1, -0.05) is 0 Å². The third-order valence-corrected chi connectivity index (χ3v) is 5.73. The maximum atomic E-state index is 9.89. The summed E-state index contributed by atoms with van der Waals surface area (Å²) < 4.78 is 7.58. The van der Waals surface area contributed by atoms with Crippen LogP contribution >= 0.6 is 0 Å². The van der Waals surface area contributed by atoms with Gasteiger partial charge in [0, 0.05) is 61.9 Å². The zero-order valence-electron chi connectivity index (χ0n) is 17.5. The first-order valence-electron chi connectivity index (χ1n) is 10.4. The van der Waals surface area contributed by atoms with Crippen molar-refractivity contribution in [1.29, 1.82) is 5.26 Å². The van der Waals surface area contributed by atoms with Gasteiger partial charge in [0.05, 0.1) is 23.4 Å². The van der Waals surface area contributed by atoms with Crippen LogP contribution in [0.2, 0.25) is 0 Å². The van der Waals surface area contributed by atoms with E-state index in [4.69, 9.17) is 15.5 Å². The summed E-state index contributed by atoms with van der Waals surface area (Å²) in [4.78, 5) is 13.6. The molecule has 3 aromatic rings. The quantitative estimate of drug-likeness (QED) is 0.630. The Morgan fingerprint density at radius 3 is 2.71 bits per heavy atom. The fourth-order valence-electron chi connectivity index (χ4n) is 3.86. The third kappa shape index (κ3) is 4.64. The number of rotatable bonds is 6. The second-order valence-electron chi connectivity index (χ2n) is 7.80. The topological polar surface area (TPSA) is 123 Å². The van der Waals surface area contributed by atoms with Gasteiger partial charge in [0.1, 0.15) is 5.82 Å². The van der Waals surface area contributed by atoms with Gasteiger partial charge in [0.25, 0.3) is 0 Å². The first-order chi connectivity index (χ1) is 15.1. The molecule has 1 aromatic carbocycles. The van der Waals surface area contributed by atoms with E-state index in [1.165, 1.54) is 0 Å². The molecule has 4 rings (SSSR count). The van der Waals surface area contributed by atoms with Gasteiger partial charge in [0.15, 0.2) is 5.82 Å². The number of aliphatic hydroxyl groups excluding tert-OH is 1. The zero-order valence-corrected chi connectivity index (χ0v) is 17.5. The number of imidazole rings is 1. The predicted octanol–water partition coefficient (Wildman–Crippen LogP) is 2.45. The number of nitrogens with zero attached hydrogens (tertiary/aromatic N) is 5. The largest absolute Gasteiger partial charge is 0.387 e. The van der Waals surface area contributed by atoms with Crippen molar-refractivity contribution in [2.75, 3.05) is 19.8 Å². The zero-order chi connectivity index (χ0) is 21.8. The van der Waals surface area contributed by atoms with Crippen LogP contribution in [0, 0.1) is 18.3 Å². The number of hydrogen-bond donors (Lipinski definition) is 2. The third-order valence-electron chi connectivity index (χ3n) is 5.73. The van der Waals surface area contributed by atoms with Crippen molar-refractivity contribution in [3.05, 3.63) is 65.0 Å². The van der Waals surface area contributed by atoms with Crippen LogP contribution < -0.4 is 5.73 Å². The van der Waals surface area contributed by atoms with Crippen molar-refractivity contribution in [1.82, 2.24) is 19.5 Å². The SMILES string of the molecule is Cc1nc(C2CCOCC2)cn1Cc1cc(C#N)ccc1-c1ncc(C(O)CN)cn1. The summed E-state index contributed by atoms with van der Waals surface area (Å²) in [6.45, 7) is 4.22. The molecule has 8 nitrogen and oxygen atoms in total. The average molecular weight is 419 g/mol. The molecule has 1 saturated heterocycles. The van der Waals surface area contributed by atoms with E-state index in [0.717, 1.165) is 48.7 Å². The van der Waals surface area contributed by atoms with Crippen LogP contribution in [0.3, 0.4) is 0 Å². The summed E-state index contributed by atoms with van der Waals surface area (Å²) in [5.74, 6) is 1.88. The summed E-state index contributed by atoms with van der Waals surface area (Å²) in [6.07, 6.45) is 6.48. The Balaban J connectivity index is 1.65. The lowest BCUT2D eigenvalue weighted by molar-refractivity contribution is 0.0845. The molecule has 2 aromatic heterocycles. The Morgan fingerprint density at radius 2 is 2.03 bits per heavy atom. The van der Waals surface area contributed by atoms with Crippen LogP contribution in [0.4, 0.5) is 0 Å². The molecule has 0 spiro atoms. The van der Waals surface area contributed by atoms with E-state index >= 15 is 0 Å². The van der Waals surface area contributed by atoms with Gasteiger partial charge in [-0.15, -0.1) is 0 Å². The fourth-order valence-corrected chi connectivity index (χ4v) is 3.86. The van der Waals surface area contributed by atoms with Gasteiger partial charge in [0.2, 0.25) is 0 Å². The van der Waals surface area contributed by atoms with E-state index in [9.17, 15) is 10.4 Å². The molecule has 0 radical (unpaired) electrons. The lowest BCUT2D eigenvalue weighted by Gasteiger charge is -2.19. The minimum atomic E-state index is -0.785. The molecule has 160 valence electrons. The van der Waals surface area contributed by atoms with Crippen molar-refractivity contribution in [2.24, 2.45) is 5.73 Å². The number of nitriles is 1. The second kappa shape index (κ2) is 9.35. The number of hydrogen-bond acceptors (Lipinski definition) is 7. The number of aromatic nitrogens is 4. The normalized spacial score (nSPS) is 15.5. The molecule has 1 aliphatic rings. The van der Waals surface area contributed by atoms with Crippen LogP contribution in [-0.2, 0) is 11.3 Å². The van der Waals surface area contributed by atoms with Crippen LogP contribution in [0.1, 0.15) is 53.1 Å². The monoisotopic (exact) mass is 418 g/mol. The van der Waals surface area contributed by atoms with Gasteiger partial charge in [-0.25, -0.2) is 15.0 Å². The Hall–Kier alpha value is -3.12. The van der Waals surface area contributed by atoms with Gasteiger partial charge in [-0.05, 0) is 43.5 Å². The van der Waals surface area contributed by atoms with Gasteiger partial charge in [-0.3, -0.25) is 0 Å². The highest BCUT2D eigenvalue weighted by atomic mass is 16.5. The maximum absolute atomic E-state index is 9.89. The number of ether oxygens (including phenoxy) is 1. The Bertz CT molecular complexity index is 1080. The van der Waals surface area contributed by atoms with E-state index in [1.807, 2.05) is 19.1 Å². The van der Waals surface area contributed by atoms with Gasteiger partial charge < -0.3 is 20.1 Å². The molecule has 1 unspecified atom stereocenters. The van der Waals surface area contributed by atoms with Crippen LogP contribution in [-0.4, -0.2) is 44.4 Å². The molecule has 31 heavy (non-hydrogen) atoms. The summed E-state index contributed by atoms with van der Waals surface area (Å²) >= 11 is 0. The predicted molar refractivity (Wildman–Crippen MR) is 115 cm³/mol. The molecule has 1 fully saturated rings. The highest BCUT2D eigenvalue weighted by molar-refractivity contribution is 5.62. The molecule has 0 amide bonds. The van der Waals surface area contributed by atoms with Crippen molar-refractivity contribution in [2.45, 2.75) is 38.3 Å². The summed E-state index contributed by atoms with van der Waals surface area (Å²) in [7, 11) is 0. The lowest BCUT2D eigenvalue weighted by Crippen LogP contribution is -2.14. The van der Waals surface area contributed by atoms with Gasteiger partial charge >= 0.3 is 0 Å². The maximum Gasteiger partial charge on any atom is 0.159 e. The molecule has 3 N–H and O–H groups in total. The molecule has 1 aliphatic heterocycles. The first-order valence-corrected chi connectivity index (χ1v) is 10.4. The Kier molecular flexibility index (Phi) is 6.37. The minimum absolute atomic E-state index is 0.111. The van der Waals surface area contributed by atoms with E-state index in [-0.39, 0.29) is 6.54 Å². The van der Waals surface area contributed by atoms with Crippen LogP contribution in [0.25, 0.3) is 11.4 Å². The summed E-state index contributed by atoms with van der Waals surface area (Å²) in [5.41, 5.74) is 9.54. The fraction of sp³-hybridized carbons (Fsp3) is 0.391. The average Bonchev–Trinajstić information content (AvgIpc) is 3.19. The lowest BCUT2D eigenvalue weighted by atomic mass is 9.97. The van der Waals surface area contributed by atoms with Crippen molar-refractivity contribution < 1.29 is 9.84 Å². The molecular formula is C23H26N6O2. The Morgan fingerprint density at radius 1 is 1.29 bits per heavy atom. The molecule has 0 aliphatic carbocycles. The van der Waals surface area contributed by atoms with E-state index in [0.29, 0.717) is 29.4 Å². The van der Waals surface area contributed by atoms with E-state index < -0.39 is 6.10 Å². The van der Waals surface area contributed by atoms with E-state index in [2.05, 4.69) is 26.8 Å². The number of nitrogens with two attached hydrogens (primary N) is 1. The molecule has 8 heteroatoms. The second-order valence-corrected chi connectivity index (χ2v) is 7.80. The number of aryl methyl sites for hydroxylation is 1. The molecular weight excluding hydrogens is 392 g/mol. The highest BCUT2D eigenvalue weighted by Crippen LogP contribution is 2.28. The molecule has 3 heterocycles.